The number of nitrogens with zero attached hydrogens (tertiary/aromatic N) is 1. The lowest BCUT2D eigenvalue weighted by Crippen LogP contribution is -2.16. The van der Waals surface area contributed by atoms with Gasteiger partial charge in [0, 0.05) is 12.3 Å². The molecule has 4 heteroatoms. The third-order valence-electron chi connectivity index (χ3n) is 3.22. The van der Waals surface area contributed by atoms with E-state index in [1.165, 1.54) is 32.1 Å². The number of hydrogen-bond donors (Lipinski definition) is 2. The van der Waals surface area contributed by atoms with Gasteiger partial charge in [0.05, 0.1) is 6.61 Å². The van der Waals surface area contributed by atoms with E-state index in [1.807, 2.05) is 6.07 Å². The number of rotatable bonds is 4. The van der Waals surface area contributed by atoms with Gasteiger partial charge in [0.1, 0.15) is 17.3 Å². The van der Waals surface area contributed by atoms with Crippen LogP contribution in [0.15, 0.2) is 18.3 Å². The zero-order valence-corrected chi connectivity index (χ0v) is 9.98. The first-order chi connectivity index (χ1) is 8.25. The summed E-state index contributed by atoms with van der Waals surface area (Å²) in [6.45, 7) is 0.765. The van der Waals surface area contributed by atoms with Crippen LogP contribution in [0.1, 0.15) is 37.8 Å². The van der Waals surface area contributed by atoms with Crippen molar-refractivity contribution in [3.05, 3.63) is 24.0 Å². The van der Waals surface area contributed by atoms with Crippen molar-refractivity contribution < 1.29 is 4.74 Å². The van der Waals surface area contributed by atoms with Gasteiger partial charge in [-0.25, -0.2) is 0 Å². The van der Waals surface area contributed by atoms with Crippen molar-refractivity contribution in [2.75, 3.05) is 6.61 Å². The number of amidine groups is 1. The Balaban J connectivity index is 1.89. The van der Waals surface area contributed by atoms with Crippen molar-refractivity contribution >= 4 is 5.84 Å². The van der Waals surface area contributed by atoms with Gasteiger partial charge in [0.2, 0.25) is 0 Å². The summed E-state index contributed by atoms with van der Waals surface area (Å²) in [6, 6.07) is 3.54. The predicted molar refractivity (Wildman–Crippen MR) is 67.3 cm³/mol. The molecule has 0 saturated heterocycles. The second kappa shape index (κ2) is 5.66. The van der Waals surface area contributed by atoms with E-state index in [-0.39, 0.29) is 5.84 Å². The first-order valence-corrected chi connectivity index (χ1v) is 6.19. The number of nitrogen functional groups attached to an aromatic ring is 1. The second-order valence-electron chi connectivity index (χ2n) is 4.61. The van der Waals surface area contributed by atoms with E-state index in [9.17, 15) is 0 Å². The minimum Gasteiger partial charge on any atom is -0.493 e. The molecule has 1 aromatic rings. The van der Waals surface area contributed by atoms with Gasteiger partial charge in [-0.05, 0) is 24.8 Å². The van der Waals surface area contributed by atoms with E-state index in [2.05, 4.69) is 4.98 Å². The smallest absolute Gasteiger partial charge is 0.141 e. The van der Waals surface area contributed by atoms with Crippen LogP contribution < -0.4 is 10.5 Å². The van der Waals surface area contributed by atoms with Crippen LogP contribution in [0.4, 0.5) is 0 Å². The fourth-order valence-electron chi connectivity index (χ4n) is 2.22. The van der Waals surface area contributed by atoms with Gasteiger partial charge in [0.25, 0.3) is 0 Å². The summed E-state index contributed by atoms with van der Waals surface area (Å²) in [4.78, 5) is 4.00. The summed E-state index contributed by atoms with van der Waals surface area (Å²) in [5.41, 5.74) is 5.86. The Labute approximate surface area is 102 Å². The van der Waals surface area contributed by atoms with Gasteiger partial charge < -0.3 is 10.5 Å². The Bertz CT molecular complexity index is 386. The normalized spacial score (nSPS) is 16.7. The van der Waals surface area contributed by atoms with E-state index in [1.54, 1.807) is 12.3 Å². The summed E-state index contributed by atoms with van der Waals surface area (Å²) < 4.78 is 5.74. The zero-order chi connectivity index (χ0) is 12.1. The van der Waals surface area contributed by atoms with Crippen molar-refractivity contribution in [1.29, 1.82) is 5.41 Å². The van der Waals surface area contributed by atoms with Crippen molar-refractivity contribution in [2.24, 2.45) is 11.7 Å². The summed E-state index contributed by atoms with van der Waals surface area (Å²) in [5.74, 6) is 1.42. The third-order valence-corrected chi connectivity index (χ3v) is 3.22. The highest BCUT2D eigenvalue weighted by Crippen LogP contribution is 2.24. The lowest BCUT2D eigenvalue weighted by molar-refractivity contribution is 0.208. The molecule has 1 aromatic heterocycles. The second-order valence-corrected chi connectivity index (χ2v) is 4.61. The summed E-state index contributed by atoms with van der Waals surface area (Å²) in [5, 5.41) is 7.32. The van der Waals surface area contributed by atoms with Crippen LogP contribution in [0, 0.1) is 11.3 Å². The average molecular weight is 233 g/mol. The molecule has 1 fully saturated rings. The van der Waals surface area contributed by atoms with Gasteiger partial charge in [0.15, 0.2) is 0 Å². The van der Waals surface area contributed by atoms with Gasteiger partial charge in [-0.2, -0.15) is 0 Å². The first-order valence-electron chi connectivity index (χ1n) is 6.19. The fourth-order valence-corrected chi connectivity index (χ4v) is 2.22. The number of nitrogens with two attached hydrogens (primary N) is 1. The zero-order valence-electron chi connectivity index (χ0n) is 9.98. The molecule has 0 amide bonds. The molecule has 1 heterocycles. The Morgan fingerprint density at radius 1 is 1.41 bits per heavy atom. The largest absolute Gasteiger partial charge is 0.493 e. The SMILES string of the molecule is N=C(N)c1cc(OCC2CCCCC2)ccn1. The van der Waals surface area contributed by atoms with Crippen LogP contribution in [0.2, 0.25) is 0 Å². The topological polar surface area (TPSA) is 72.0 Å². The summed E-state index contributed by atoms with van der Waals surface area (Å²) in [6.07, 6.45) is 8.18. The lowest BCUT2D eigenvalue weighted by atomic mass is 9.90. The maximum absolute atomic E-state index is 7.32. The van der Waals surface area contributed by atoms with Crippen LogP contribution in [-0.2, 0) is 0 Å². The number of ether oxygens (including phenoxy) is 1. The van der Waals surface area contributed by atoms with Crippen molar-refractivity contribution in [1.82, 2.24) is 4.98 Å². The molecule has 0 unspecified atom stereocenters. The minimum absolute atomic E-state index is 0.0203. The maximum Gasteiger partial charge on any atom is 0.141 e. The van der Waals surface area contributed by atoms with Crippen LogP contribution in [0.25, 0.3) is 0 Å². The van der Waals surface area contributed by atoms with E-state index >= 15 is 0 Å². The Morgan fingerprint density at radius 2 is 2.18 bits per heavy atom. The van der Waals surface area contributed by atoms with Crippen molar-refractivity contribution in [2.45, 2.75) is 32.1 Å². The Kier molecular flexibility index (Phi) is 3.96. The molecule has 3 N–H and O–H groups in total. The lowest BCUT2D eigenvalue weighted by Gasteiger charge is -2.21. The molecule has 17 heavy (non-hydrogen) atoms. The van der Waals surface area contributed by atoms with Crippen LogP contribution >= 0.6 is 0 Å². The maximum atomic E-state index is 7.32. The van der Waals surface area contributed by atoms with Crippen LogP contribution in [-0.4, -0.2) is 17.4 Å². The molecule has 1 aliphatic carbocycles. The Hall–Kier alpha value is -1.58. The number of pyridine rings is 1. The monoisotopic (exact) mass is 233 g/mol. The highest BCUT2D eigenvalue weighted by molar-refractivity contribution is 5.93. The fraction of sp³-hybridized carbons (Fsp3) is 0.538. The highest BCUT2D eigenvalue weighted by atomic mass is 16.5. The standard InChI is InChI=1S/C13H19N3O/c14-13(15)12-8-11(6-7-16-12)17-9-10-4-2-1-3-5-10/h6-8,10H,1-5,9H2,(H3,14,15). The number of aromatic nitrogens is 1. The molecule has 0 radical (unpaired) electrons. The summed E-state index contributed by atoms with van der Waals surface area (Å²) in [7, 11) is 0. The molecule has 0 atom stereocenters. The predicted octanol–water partition coefficient (Wildman–Crippen LogP) is 2.32. The molecule has 92 valence electrons. The van der Waals surface area contributed by atoms with E-state index in [4.69, 9.17) is 15.9 Å². The quantitative estimate of drug-likeness (QED) is 0.619. The third kappa shape index (κ3) is 3.44. The van der Waals surface area contributed by atoms with Gasteiger partial charge in [-0.15, -0.1) is 0 Å². The molecule has 0 aromatic carbocycles. The van der Waals surface area contributed by atoms with Gasteiger partial charge in [-0.3, -0.25) is 10.4 Å². The van der Waals surface area contributed by atoms with Crippen molar-refractivity contribution in [3.8, 4) is 5.75 Å². The number of hydrogen-bond acceptors (Lipinski definition) is 3. The minimum atomic E-state index is -0.0203. The van der Waals surface area contributed by atoms with Gasteiger partial charge in [-0.1, -0.05) is 19.3 Å². The van der Waals surface area contributed by atoms with Crippen LogP contribution in [0.5, 0.6) is 5.75 Å². The molecule has 1 aliphatic rings. The van der Waals surface area contributed by atoms with E-state index in [0.717, 1.165) is 12.4 Å². The van der Waals surface area contributed by atoms with Crippen molar-refractivity contribution in [3.63, 3.8) is 0 Å². The molecular formula is C13H19N3O. The van der Waals surface area contributed by atoms with Crippen LogP contribution in [0.3, 0.4) is 0 Å². The molecule has 4 nitrogen and oxygen atoms in total. The highest BCUT2D eigenvalue weighted by Gasteiger charge is 2.14. The first kappa shape index (κ1) is 11.9. The molecule has 0 aliphatic heterocycles. The molecule has 2 rings (SSSR count). The summed E-state index contributed by atoms with van der Waals surface area (Å²) >= 11 is 0. The molecule has 0 bridgehead atoms. The number of nitrogens with one attached hydrogen (secondary N) is 1. The van der Waals surface area contributed by atoms with Gasteiger partial charge >= 0.3 is 0 Å². The average Bonchev–Trinajstić information content (AvgIpc) is 2.38. The molecule has 0 spiro atoms. The molecular weight excluding hydrogens is 214 g/mol. The van der Waals surface area contributed by atoms with E-state index in [0.29, 0.717) is 11.6 Å². The Morgan fingerprint density at radius 3 is 2.88 bits per heavy atom. The molecule has 1 saturated carbocycles. The van der Waals surface area contributed by atoms with E-state index < -0.39 is 0 Å².